The van der Waals surface area contributed by atoms with Gasteiger partial charge < -0.3 is 14.6 Å². The van der Waals surface area contributed by atoms with Crippen molar-refractivity contribution in [3.63, 3.8) is 0 Å². The van der Waals surface area contributed by atoms with Gasteiger partial charge in [-0.05, 0) is 63.1 Å². The molecule has 1 unspecified atom stereocenters. The molecular weight excluding hydrogens is 454 g/mol. The molecule has 1 atom stereocenters. The highest BCUT2D eigenvalue weighted by molar-refractivity contribution is 5.81. The molecule has 36 heavy (non-hydrogen) atoms. The summed E-state index contributed by atoms with van der Waals surface area (Å²) in [5.41, 5.74) is 5.78. The zero-order valence-corrected chi connectivity index (χ0v) is 21.3. The standard InChI is InChI=1S/C27H33N7O2/c1-18(33-9-11-34(12-10-33)26(35)36-27(2,3)4)19-7-8-28-22(13-19)15-25-31-23-6-5-20(14-24(23)32-25)21-16-29-30-17-21/h5-8,13-14,16-18H,9-12,15H2,1-4H3,(H,29,30)(H,31,32). The molecule has 9 nitrogen and oxygen atoms in total. The van der Waals surface area contributed by atoms with Gasteiger partial charge in [-0.25, -0.2) is 9.78 Å². The molecule has 4 aromatic rings. The molecule has 188 valence electrons. The maximum absolute atomic E-state index is 12.4. The second-order valence-electron chi connectivity index (χ2n) is 10.3. The van der Waals surface area contributed by atoms with Gasteiger partial charge in [-0.3, -0.25) is 15.0 Å². The van der Waals surface area contributed by atoms with E-state index in [0.29, 0.717) is 19.5 Å². The number of hydrogen-bond donors (Lipinski definition) is 2. The van der Waals surface area contributed by atoms with E-state index in [0.717, 1.165) is 46.8 Å². The van der Waals surface area contributed by atoms with Crippen LogP contribution in [0.1, 0.15) is 50.8 Å². The maximum atomic E-state index is 12.4. The molecule has 1 aliphatic heterocycles. The Kier molecular flexibility index (Phi) is 6.49. The Hall–Kier alpha value is -3.72. The van der Waals surface area contributed by atoms with Crippen molar-refractivity contribution in [3.05, 3.63) is 66.0 Å². The number of rotatable bonds is 5. The Morgan fingerprint density at radius 3 is 2.64 bits per heavy atom. The molecule has 1 saturated heterocycles. The number of pyridine rings is 1. The van der Waals surface area contributed by atoms with E-state index in [4.69, 9.17) is 9.72 Å². The van der Waals surface area contributed by atoms with Gasteiger partial charge in [0.1, 0.15) is 11.4 Å². The predicted octanol–water partition coefficient (Wildman–Crippen LogP) is 4.55. The highest BCUT2D eigenvalue weighted by Gasteiger charge is 2.28. The van der Waals surface area contributed by atoms with Gasteiger partial charge in [0, 0.05) is 62.3 Å². The van der Waals surface area contributed by atoms with Crippen molar-refractivity contribution in [2.24, 2.45) is 0 Å². The summed E-state index contributed by atoms with van der Waals surface area (Å²) in [6.07, 6.45) is 5.96. The van der Waals surface area contributed by atoms with E-state index in [1.807, 2.05) is 45.4 Å². The number of H-pyrrole nitrogens is 2. The quantitative estimate of drug-likeness (QED) is 0.428. The van der Waals surface area contributed by atoms with Crippen molar-refractivity contribution in [1.82, 2.24) is 34.9 Å². The summed E-state index contributed by atoms with van der Waals surface area (Å²) in [5.74, 6) is 0.887. The second kappa shape index (κ2) is 9.73. The van der Waals surface area contributed by atoms with Crippen LogP contribution in [0.25, 0.3) is 22.2 Å². The fraction of sp³-hybridized carbons (Fsp3) is 0.407. The molecular formula is C27H33N7O2. The minimum atomic E-state index is -0.475. The van der Waals surface area contributed by atoms with Gasteiger partial charge in [0.15, 0.2) is 0 Å². The average Bonchev–Trinajstić information content (AvgIpc) is 3.52. The van der Waals surface area contributed by atoms with E-state index in [-0.39, 0.29) is 12.1 Å². The number of benzene rings is 1. The van der Waals surface area contributed by atoms with Crippen LogP contribution in [0.4, 0.5) is 4.79 Å². The third-order valence-corrected chi connectivity index (χ3v) is 6.55. The van der Waals surface area contributed by atoms with Crippen LogP contribution in [0.5, 0.6) is 0 Å². The van der Waals surface area contributed by atoms with Crippen LogP contribution in [-0.2, 0) is 11.2 Å². The molecule has 1 aromatic carbocycles. The number of fused-ring (bicyclic) bond motifs is 1. The zero-order chi connectivity index (χ0) is 25.3. The first-order valence-corrected chi connectivity index (χ1v) is 12.4. The predicted molar refractivity (Wildman–Crippen MR) is 139 cm³/mol. The molecule has 1 fully saturated rings. The highest BCUT2D eigenvalue weighted by atomic mass is 16.6. The van der Waals surface area contributed by atoms with Crippen molar-refractivity contribution in [3.8, 4) is 11.1 Å². The fourth-order valence-electron chi connectivity index (χ4n) is 4.59. The molecule has 0 radical (unpaired) electrons. The van der Waals surface area contributed by atoms with Crippen molar-refractivity contribution in [1.29, 1.82) is 0 Å². The average molecular weight is 488 g/mol. The molecule has 9 heteroatoms. The normalized spacial score (nSPS) is 15.8. The fourth-order valence-corrected chi connectivity index (χ4v) is 4.59. The zero-order valence-electron chi connectivity index (χ0n) is 21.3. The van der Waals surface area contributed by atoms with Gasteiger partial charge in [-0.1, -0.05) is 6.07 Å². The summed E-state index contributed by atoms with van der Waals surface area (Å²) in [5, 5.41) is 6.89. The van der Waals surface area contributed by atoms with E-state index < -0.39 is 5.60 Å². The lowest BCUT2D eigenvalue weighted by molar-refractivity contribution is 0.0110. The molecule has 1 aliphatic rings. The Bertz CT molecular complexity index is 1330. The lowest BCUT2D eigenvalue weighted by Crippen LogP contribution is -2.50. The molecule has 4 heterocycles. The minimum Gasteiger partial charge on any atom is -0.444 e. The summed E-state index contributed by atoms with van der Waals surface area (Å²) in [4.78, 5) is 29.4. The third-order valence-electron chi connectivity index (χ3n) is 6.55. The topological polar surface area (TPSA) is 103 Å². The SMILES string of the molecule is CC(c1ccnc(Cc2nc3ccc(-c4cn[nH]c4)cc3[nH]2)c1)N1CCN(C(=O)OC(C)(C)C)CC1. The van der Waals surface area contributed by atoms with Crippen LogP contribution in [-0.4, -0.2) is 72.8 Å². The van der Waals surface area contributed by atoms with Crippen LogP contribution in [0.2, 0.25) is 0 Å². The van der Waals surface area contributed by atoms with E-state index in [2.05, 4.69) is 56.3 Å². The van der Waals surface area contributed by atoms with Crippen molar-refractivity contribution >= 4 is 17.1 Å². The third kappa shape index (κ3) is 5.41. The molecule has 2 N–H and O–H groups in total. The van der Waals surface area contributed by atoms with Gasteiger partial charge in [-0.2, -0.15) is 5.10 Å². The number of aromatic amines is 2. The largest absolute Gasteiger partial charge is 0.444 e. The summed E-state index contributed by atoms with van der Waals surface area (Å²) in [6.45, 7) is 10.8. The van der Waals surface area contributed by atoms with Gasteiger partial charge in [0.25, 0.3) is 0 Å². The second-order valence-corrected chi connectivity index (χ2v) is 10.3. The number of carbonyl (C=O) groups is 1. The molecule has 0 aliphatic carbocycles. The van der Waals surface area contributed by atoms with Crippen molar-refractivity contribution < 1.29 is 9.53 Å². The van der Waals surface area contributed by atoms with Gasteiger partial charge >= 0.3 is 6.09 Å². The van der Waals surface area contributed by atoms with E-state index in [1.54, 1.807) is 4.90 Å². The van der Waals surface area contributed by atoms with Gasteiger partial charge in [0.2, 0.25) is 0 Å². The molecule has 0 bridgehead atoms. The summed E-state index contributed by atoms with van der Waals surface area (Å²) < 4.78 is 5.52. The number of ether oxygens (including phenoxy) is 1. The number of nitrogens with zero attached hydrogens (tertiary/aromatic N) is 5. The van der Waals surface area contributed by atoms with Crippen LogP contribution in [0.3, 0.4) is 0 Å². The summed E-state index contributed by atoms with van der Waals surface area (Å²) in [6, 6.07) is 10.6. The Morgan fingerprint density at radius 2 is 1.92 bits per heavy atom. The molecule has 0 saturated carbocycles. The van der Waals surface area contributed by atoms with E-state index in [9.17, 15) is 4.79 Å². The van der Waals surface area contributed by atoms with Crippen molar-refractivity contribution in [2.75, 3.05) is 26.2 Å². The van der Waals surface area contributed by atoms with Crippen molar-refractivity contribution in [2.45, 2.75) is 45.8 Å². The van der Waals surface area contributed by atoms with E-state index >= 15 is 0 Å². The first-order valence-electron chi connectivity index (χ1n) is 12.4. The lowest BCUT2D eigenvalue weighted by Gasteiger charge is -2.38. The van der Waals surface area contributed by atoms with E-state index in [1.165, 1.54) is 5.56 Å². The number of hydrogen-bond acceptors (Lipinski definition) is 6. The number of nitrogens with one attached hydrogen (secondary N) is 2. The smallest absolute Gasteiger partial charge is 0.410 e. The summed E-state index contributed by atoms with van der Waals surface area (Å²) >= 11 is 0. The molecule has 3 aromatic heterocycles. The van der Waals surface area contributed by atoms with Crippen LogP contribution < -0.4 is 0 Å². The molecule has 1 amide bonds. The van der Waals surface area contributed by atoms with Crippen LogP contribution >= 0.6 is 0 Å². The maximum Gasteiger partial charge on any atom is 0.410 e. The number of aromatic nitrogens is 5. The number of amides is 1. The molecule has 0 spiro atoms. The molecule has 5 rings (SSSR count). The first kappa shape index (κ1) is 24.0. The monoisotopic (exact) mass is 487 g/mol. The first-order chi connectivity index (χ1) is 17.2. The van der Waals surface area contributed by atoms with Crippen LogP contribution in [0.15, 0.2) is 48.9 Å². The van der Waals surface area contributed by atoms with Gasteiger partial charge in [0.05, 0.1) is 17.2 Å². The Labute approximate surface area is 210 Å². The van der Waals surface area contributed by atoms with Gasteiger partial charge in [-0.15, -0.1) is 0 Å². The Morgan fingerprint density at radius 1 is 1.11 bits per heavy atom. The van der Waals surface area contributed by atoms with Crippen LogP contribution in [0, 0.1) is 0 Å². The Balaban J connectivity index is 1.23. The number of imidazole rings is 1. The summed E-state index contributed by atoms with van der Waals surface area (Å²) in [7, 11) is 0. The minimum absolute atomic E-state index is 0.223. The highest BCUT2D eigenvalue weighted by Crippen LogP contribution is 2.25. The number of carbonyl (C=O) groups excluding carboxylic acids is 1. The lowest BCUT2D eigenvalue weighted by atomic mass is 10.1. The number of piperazine rings is 1.